The minimum absolute atomic E-state index is 0.125. The van der Waals surface area contributed by atoms with Crippen molar-refractivity contribution in [3.05, 3.63) is 28.2 Å². The topological polar surface area (TPSA) is 54.5 Å². The molecule has 1 aromatic rings. The van der Waals surface area contributed by atoms with Crippen molar-refractivity contribution in [3.8, 4) is 0 Å². The normalized spacial score (nSPS) is 24.9. The molecule has 0 aromatic heterocycles. The second-order valence-electron chi connectivity index (χ2n) is 6.73. The zero-order chi connectivity index (χ0) is 18.3. The quantitative estimate of drug-likeness (QED) is 0.559. The van der Waals surface area contributed by atoms with Crippen molar-refractivity contribution in [2.75, 3.05) is 4.90 Å². The average molecular weight is 414 g/mol. The lowest BCUT2D eigenvalue weighted by Crippen LogP contribution is -2.44. The summed E-state index contributed by atoms with van der Waals surface area (Å²) in [5.74, 6) is -5.45. The van der Waals surface area contributed by atoms with Crippen molar-refractivity contribution in [1.29, 1.82) is 0 Å². The summed E-state index contributed by atoms with van der Waals surface area (Å²) in [6, 6.07) is 1.28. The second kappa shape index (κ2) is 6.94. The molecule has 0 N–H and O–H groups in total. The molecule has 2 fully saturated rings. The van der Waals surface area contributed by atoms with E-state index in [0.29, 0.717) is 0 Å². The maximum absolute atomic E-state index is 14.5. The van der Waals surface area contributed by atoms with Crippen LogP contribution in [0.1, 0.15) is 39.0 Å². The molecule has 1 heterocycles. The van der Waals surface area contributed by atoms with E-state index < -0.39 is 46.8 Å². The van der Waals surface area contributed by atoms with Gasteiger partial charge in [-0.3, -0.25) is 19.3 Å². The van der Waals surface area contributed by atoms with E-state index in [1.54, 1.807) is 0 Å². The van der Waals surface area contributed by atoms with E-state index in [0.717, 1.165) is 49.1 Å². The Morgan fingerprint density at radius 3 is 2.20 bits per heavy atom. The van der Waals surface area contributed by atoms with Crippen molar-refractivity contribution >= 4 is 39.1 Å². The van der Waals surface area contributed by atoms with Crippen molar-refractivity contribution in [1.82, 2.24) is 0 Å². The van der Waals surface area contributed by atoms with Gasteiger partial charge in [0.15, 0.2) is 11.6 Å². The van der Waals surface area contributed by atoms with Gasteiger partial charge in [-0.1, -0.05) is 35.2 Å². The minimum Gasteiger partial charge on any atom is -0.299 e. The lowest BCUT2D eigenvalue weighted by Gasteiger charge is -2.35. The highest BCUT2D eigenvalue weighted by Gasteiger charge is 2.54. The largest absolute Gasteiger partial charge is 0.299 e. The van der Waals surface area contributed by atoms with E-state index in [1.165, 1.54) is 6.92 Å². The fourth-order valence-corrected chi connectivity index (χ4v) is 4.49. The van der Waals surface area contributed by atoms with Crippen LogP contribution in [0.2, 0.25) is 0 Å². The number of amides is 1. The fourth-order valence-electron chi connectivity index (χ4n) is 4.09. The van der Waals surface area contributed by atoms with E-state index in [1.807, 2.05) is 0 Å². The molecule has 0 radical (unpaired) electrons. The van der Waals surface area contributed by atoms with Crippen molar-refractivity contribution in [2.45, 2.75) is 45.1 Å². The highest BCUT2D eigenvalue weighted by atomic mass is 79.9. The maximum Gasteiger partial charge on any atom is 0.295 e. The number of Topliss-reactive ketones (excluding diaryl/α,β-unsaturated/α-hetero) is 2. The number of anilines is 1. The Kier molecular flexibility index (Phi) is 5.04. The van der Waals surface area contributed by atoms with Gasteiger partial charge in [-0.15, -0.1) is 0 Å². The van der Waals surface area contributed by atoms with Crippen LogP contribution in [0.4, 0.5) is 14.5 Å². The van der Waals surface area contributed by atoms with Crippen LogP contribution in [0, 0.1) is 23.5 Å². The molecule has 1 aromatic carbocycles. The number of carbonyl (C=O) groups is 3. The molecule has 1 saturated heterocycles. The lowest BCUT2D eigenvalue weighted by atomic mass is 9.77. The highest BCUT2D eigenvalue weighted by molar-refractivity contribution is 9.10. The molecule has 2 aliphatic rings. The molecule has 7 heteroatoms. The number of halogens is 3. The number of carbonyl (C=O) groups excluding carboxylic acids is 3. The number of rotatable bonds is 3. The Bertz CT molecular complexity index is 723. The highest BCUT2D eigenvalue weighted by Crippen LogP contribution is 2.41. The van der Waals surface area contributed by atoms with Gasteiger partial charge >= 0.3 is 0 Å². The zero-order valence-corrected chi connectivity index (χ0v) is 15.3. The van der Waals surface area contributed by atoms with Gasteiger partial charge in [0, 0.05) is 4.47 Å². The van der Waals surface area contributed by atoms with Crippen LogP contribution in [0.3, 0.4) is 0 Å². The molecule has 0 bridgehead atoms. The van der Waals surface area contributed by atoms with Crippen LogP contribution < -0.4 is 4.90 Å². The SMILES string of the molecule is CC(=O)C1C(=O)C(=O)N(c2c(F)cc(Br)cc2F)[C@@H]1C1CCCCC1. The lowest BCUT2D eigenvalue weighted by molar-refractivity contribution is -0.138. The Balaban J connectivity index is 2.13. The molecule has 1 unspecified atom stereocenters. The molecule has 1 aliphatic heterocycles. The van der Waals surface area contributed by atoms with Gasteiger partial charge in [0.05, 0.1) is 6.04 Å². The maximum atomic E-state index is 14.5. The van der Waals surface area contributed by atoms with Crippen LogP contribution in [-0.2, 0) is 14.4 Å². The molecule has 1 saturated carbocycles. The second-order valence-corrected chi connectivity index (χ2v) is 7.65. The first kappa shape index (κ1) is 18.2. The van der Waals surface area contributed by atoms with Gasteiger partial charge in [0.25, 0.3) is 5.91 Å². The predicted molar refractivity (Wildman–Crippen MR) is 91.1 cm³/mol. The first-order chi connectivity index (χ1) is 11.8. The van der Waals surface area contributed by atoms with Crippen molar-refractivity contribution in [2.24, 2.45) is 11.8 Å². The zero-order valence-electron chi connectivity index (χ0n) is 13.7. The van der Waals surface area contributed by atoms with Crippen LogP contribution in [0.5, 0.6) is 0 Å². The molecule has 1 aliphatic carbocycles. The summed E-state index contributed by atoms with van der Waals surface area (Å²) in [5, 5.41) is 0. The molecule has 0 spiro atoms. The number of benzene rings is 1. The number of ketones is 2. The van der Waals surface area contributed by atoms with Crippen LogP contribution in [0.25, 0.3) is 0 Å². The molecule has 25 heavy (non-hydrogen) atoms. The summed E-state index contributed by atoms with van der Waals surface area (Å²) in [6.45, 7) is 1.25. The van der Waals surface area contributed by atoms with Gasteiger partial charge in [-0.2, -0.15) is 0 Å². The summed E-state index contributed by atoms with van der Waals surface area (Å²) in [4.78, 5) is 37.9. The molecular formula is C18H18BrF2NO3. The van der Waals surface area contributed by atoms with E-state index in [2.05, 4.69) is 15.9 Å². The molecular weight excluding hydrogens is 396 g/mol. The van der Waals surface area contributed by atoms with Gasteiger partial charge in [-0.05, 0) is 37.8 Å². The Labute approximate surface area is 152 Å². The Morgan fingerprint density at radius 1 is 1.12 bits per heavy atom. The van der Waals surface area contributed by atoms with Crippen LogP contribution >= 0.6 is 15.9 Å². The standard InChI is InChI=1S/C18H18BrF2NO3/c1-9(23)14-15(10-5-3-2-4-6-10)22(18(25)17(14)24)16-12(20)7-11(19)8-13(16)21/h7-8,10,14-15H,2-6H2,1H3/t14?,15-/m1/s1. The van der Waals surface area contributed by atoms with Crippen molar-refractivity contribution in [3.63, 3.8) is 0 Å². The third kappa shape index (κ3) is 3.14. The molecule has 134 valence electrons. The van der Waals surface area contributed by atoms with Gasteiger partial charge in [0.1, 0.15) is 17.4 Å². The summed E-state index contributed by atoms with van der Waals surface area (Å²) in [5.41, 5.74) is -0.541. The first-order valence-electron chi connectivity index (χ1n) is 8.35. The Hall–Kier alpha value is -1.63. The average Bonchev–Trinajstić information content (AvgIpc) is 2.80. The summed E-state index contributed by atoms with van der Waals surface area (Å²) in [7, 11) is 0. The van der Waals surface area contributed by atoms with E-state index in [-0.39, 0.29) is 10.4 Å². The van der Waals surface area contributed by atoms with E-state index >= 15 is 0 Å². The minimum atomic E-state index is -1.15. The molecule has 3 rings (SSSR count). The predicted octanol–water partition coefficient (Wildman–Crippen LogP) is 3.80. The van der Waals surface area contributed by atoms with Crippen LogP contribution in [-0.4, -0.2) is 23.5 Å². The third-order valence-corrected chi connectivity index (χ3v) is 5.60. The summed E-state index contributed by atoms with van der Waals surface area (Å²) < 4.78 is 29.1. The summed E-state index contributed by atoms with van der Waals surface area (Å²) >= 11 is 3.00. The Morgan fingerprint density at radius 2 is 1.68 bits per heavy atom. The van der Waals surface area contributed by atoms with E-state index in [9.17, 15) is 23.2 Å². The van der Waals surface area contributed by atoms with E-state index in [4.69, 9.17) is 0 Å². The summed E-state index contributed by atoms with van der Waals surface area (Å²) in [6.07, 6.45) is 4.31. The van der Waals surface area contributed by atoms with Gasteiger partial charge < -0.3 is 0 Å². The number of nitrogens with zero attached hydrogens (tertiary/aromatic N) is 1. The molecule has 2 atom stereocenters. The van der Waals surface area contributed by atoms with Crippen molar-refractivity contribution < 1.29 is 23.2 Å². The number of hydrogen-bond acceptors (Lipinski definition) is 3. The smallest absolute Gasteiger partial charge is 0.295 e. The van der Waals surface area contributed by atoms with Gasteiger partial charge in [0.2, 0.25) is 5.78 Å². The van der Waals surface area contributed by atoms with Crippen LogP contribution in [0.15, 0.2) is 16.6 Å². The molecule has 4 nitrogen and oxygen atoms in total. The monoisotopic (exact) mass is 413 g/mol. The fraction of sp³-hybridized carbons (Fsp3) is 0.500. The molecule has 1 amide bonds. The van der Waals surface area contributed by atoms with Gasteiger partial charge in [-0.25, -0.2) is 8.78 Å². The number of hydrogen-bond donors (Lipinski definition) is 0. The first-order valence-corrected chi connectivity index (χ1v) is 9.14. The third-order valence-electron chi connectivity index (χ3n) is 5.15.